The maximum absolute atomic E-state index is 12.8. The normalized spacial score (nSPS) is 17.1. The van der Waals surface area contributed by atoms with Gasteiger partial charge in [0.25, 0.3) is 0 Å². The van der Waals surface area contributed by atoms with Crippen LogP contribution in [0.15, 0.2) is 29.4 Å². The minimum absolute atomic E-state index is 0.0120. The Hall–Kier alpha value is -1.61. The topological polar surface area (TPSA) is 59.0 Å². The smallest absolute Gasteiger partial charge is 0.391 e. The quantitative estimate of drug-likeness (QED) is 0.785. The average molecular weight is 350 g/mol. The number of hydrogen-bond acceptors (Lipinski definition) is 4. The molecule has 0 N–H and O–H groups in total. The number of alkyl halides is 3. The van der Waals surface area contributed by atoms with Crippen molar-refractivity contribution in [3.63, 3.8) is 0 Å². The number of rotatable bonds is 4. The average Bonchev–Trinajstić information content (AvgIpc) is 2.46. The van der Waals surface area contributed by atoms with E-state index < -0.39 is 21.8 Å². The van der Waals surface area contributed by atoms with Crippen LogP contribution in [0.5, 0.6) is 0 Å². The molecule has 1 aliphatic heterocycles. The SMILES string of the molecule is CS(=O)(=O)N1CCC(=NOCc2ccccc2C(F)(F)F)CC1. The van der Waals surface area contributed by atoms with Gasteiger partial charge in [-0.25, -0.2) is 12.7 Å². The van der Waals surface area contributed by atoms with Crippen molar-refractivity contribution in [1.82, 2.24) is 4.31 Å². The lowest BCUT2D eigenvalue weighted by molar-refractivity contribution is -0.138. The fourth-order valence-electron chi connectivity index (χ4n) is 2.28. The van der Waals surface area contributed by atoms with Crippen molar-refractivity contribution in [3.8, 4) is 0 Å². The molecule has 5 nitrogen and oxygen atoms in total. The summed E-state index contributed by atoms with van der Waals surface area (Å²) in [4.78, 5) is 5.04. The second kappa shape index (κ2) is 6.88. The first-order valence-electron chi connectivity index (χ1n) is 6.96. The van der Waals surface area contributed by atoms with E-state index in [1.165, 1.54) is 22.5 Å². The summed E-state index contributed by atoms with van der Waals surface area (Å²) in [7, 11) is -3.22. The van der Waals surface area contributed by atoms with Gasteiger partial charge in [0.1, 0.15) is 6.61 Å². The van der Waals surface area contributed by atoms with Crippen LogP contribution in [0.1, 0.15) is 24.0 Å². The highest BCUT2D eigenvalue weighted by Gasteiger charge is 2.33. The molecule has 0 saturated carbocycles. The van der Waals surface area contributed by atoms with Crippen molar-refractivity contribution in [2.75, 3.05) is 19.3 Å². The Morgan fingerprint density at radius 1 is 1.22 bits per heavy atom. The number of oxime groups is 1. The minimum atomic E-state index is -4.44. The van der Waals surface area contributed by atoms with Gasteiger partial charge in [-0.15, -0.1) is 0 Å². The zero-order valence-corrected chi connectivity index (χ0v) is 13.3. The van der Waals surface area contributed by atoms with Gasteiger partial charge in [-0.1, -0.05) is 23.4 Å². The van der Waals surface area contributed by atoms with Gasteiger partial charge in [0.2, 0.25) is 10.0 Å². The predicted octanol–water partition coefficient (Wildman–Crippen LogP) is 2.63. The van der Waals surface area contributed by atoms with Crippen LogP contribution >= 0.6 is 0 Å². The van der Waals surface area contributed by atoms with E-state index in [0.717, 1.165) is 12.3 Å². The highest BCUT2D eigenvalue weighted by Crippen LogP contribution is 2.32. The maximum atomic E-state index is 12.8. The van der Waals surface area contributed by atoms with Gasteiger partial charge < -0.3 is 4.84 Å². The van der Waals surface area contributed by atoms with Gasteiger partial charge in [-0.05, 0) is 6.07 Å². The number of halogens is 3. The van der Waals surface area contributed by atoms with Crippen LogP contribution in [0, 0.1) is 0 Å². The molecule has 1 saturated heterocycles. The summed E-state index contributed by atoms with van der Waals surface area (Å²) in [6.07, 6.45) is -2.48. The molecule has 23 heavy (non-hydrogen) atoms. The molecule has 0 aliphatic carbocycles. The van der Waals surface area contributed by atoms with Gasteiger partial charge in [0, 0.05) is 31.5 Å². The molecule has 0 bridgehead atoms. The van der Waals surface area contributed by atoms with Crippen molar-refractivity contribution < 1.29 is 26.4 Å². The Labute approximate surface area is 132 Å². The molecule has 2 rings (SSSR count). The molecule has 0 amide bonds. The zero-order chi connectivity index (χ0) is 17.1. The van der Waals surface area contributed by atoms with Crippen LogP contribution in [0.3, 0.4) is 0 Å². The summed E-state index contributed by atoms with van der Waals surface area (Å²) in [6.45, 7) is 0.329. The molecule has 1 heterocycles. The largest absolute Gasteiger partial charge is 0.416 e. The van der Waals surface area contributed by atoms with Crippen molar-refractivity contribution in [2.24, 2.45) is 5.16 Å². The molecule has 0 spiro atoms. The number of sulfonamides is 1. The molecule has 0 radical (unpaired) electrons. The first-order valence-corrected chi connectivity index (χ1v) is 8.80. The Bertz CT molecular complexity index is 677. The van der Waals surface area contributed by atoms with Crippen molar-refractivity contribution in [1.29, 1.82) is 0 Å². The Balaban J connectivity index is 1.94. The van der Waals surface area contributed by atoms with E-state index in [1.54, 1.807) is 0 Å². The Morgan fingerprint density at radius 3 is 2.39 bits per heavy atom. The minimum Gasteiger partial charge on any atom is -0.391 e. The van der Waals surface area contributed by atoms with Crippen LogP contribution < -0.4 is 0 Å². The molecule has 1 aliphatic rings. The van der Waals surface area contributed by atoms with E-state index in [-0.39, 0.29) is 12.2 Å². The fraction of sp³-hybridized carbons (Fsp3) is 0.500. The Kier molecular flexibility index (Phi) is 5.30. The summed E-state index contributed by atoms with van der Waals surface area (Å²) < 4.78 is 62.6. The third-order valence-corrected chi connectivity index (χ3v) is 4.81. The lowest BCUT2D eigenvalue weighted by Gasteiger charge is -2.24. The van der Waals surface area contributed by atoms with E-state index in [2.05, 4.69) is 5.16 Å². The van der Waals surface area contributed by atoms with Crippen LogP contribution in [0.2, 0.25) is 0 Å². The number of benzene rings is 1. The molecule has 0 aromatic heterocycles. The zero-order valence-electron chi connectivity index (χ0n) is 12.5. The van der Waals surface area contributed by atoms with Crippen molar-refractivity contribution in [3.05, 3.63) is 35.4 Å². The molecular formula is C14H17F3N2O3S. The molecule has 1 aromatic rings. The van der Waals surface area contributed by atoms with Gasteiger partial charge in [0.05, 0.1) is 17.5 Å². The van der Waals surface area contributed by atoms with E-state index in [4.69, 9.17) is 4.84 Å². The van der Waals surface area contributed by atoms with Crippen LogP contribution in [-0.2, 0) is 27.6 Å². The van der Waals surface area contributed by atoms with Crippen LogP contribution in [0.25, 0.3) is 0 Å². The second-order valence-electron chi connectivity index (χ2n) is 5.25. The summed E-state index contributed by atoms with van der Waals surface area (Å²) in [5.41, 5.74) is -0.0839. The standard InChI is InChI=1S/C14H17F3N2O3S/c1-23(20,21)19-8-6-12(7-9-19)18-22-10-11-4-2-3-5-13(11)14(15,16)17/h2-5H,6-10H2,1H3. The number of nitrogens with zero attached hydrogens (tertiary/aromatic N) is 2. The molecule has 1 aromatic carbocycles. The van der Waals surface area contributed by atoms with Crippen molar-refractivity contribution in [2.45, 2.75) is 25.6 Å². The monoisotopic (exact) mass is 350 g/mol. The molecule has 0 unspecified atom stereocenters. The lowest BCUT2D eigenvalue weighted by Crippen LogP contribution is -2.37. The van der Waals surface area contributed by atoms with Gasteiger partial charge in [-0.2, -0.15) is 13.2 Å². The first-order chi connectivity index (χ1) is 10.7. The van der Waals surface area contributed by atoms with E-state index in [1.807, 2.05) is 0 Å². The first kappa shape index (κ1) is 17.7. The van der Waals surface area contributed by atoms with E-state index in [0.29, 0.717) is 31.6 Å². The maximum Gasteiger partial charge on any atom is 0.416 e. The molecule has 1 fully saturated rings. The molecular weight excluding hydrogens is 333 g/mol. The van der Waals surface area contributed by atoms with Gasteiger partial charge in [-0.3, -0.25) is 0 Å². The van der Waals surface area contributed by atoms with E-state index in [9.17, 15) is 21.6 Å². The summed E-state index contributed by atoms with van der Waals surface area (Å²) >= 11 is 0. The van der Waals surface area contributed by atoms with Gasteiger partial charge >= 0.3 is 6.18 Å². The van der Waals surface area contributed by atoms with Gasteiger partial charge in [0.15, 0.2) is 0 Å². The summed E-state index contributed by atoms with van der Waals surface area (Å²) in [6, 6.07) is 5.16. The number of hydrogen-bond donors (Lipinski definition) is 0. The van der Waals surface area contributed by atoms with Crippen LogP contribution in [-0.4, -0.2) is 37.8 Å². The fourth-order valence-corrected chi connectivity index (χ4v) is 3.13. The third kappa shape index (κ3) is 4.93. The highest BCUT2D eigenvalue weighted by molar-refractivity contribution is 7.88. The third-order valence-electron chi connectivity index (χ3n) is 3.51. The second-order valence-corrected chi connectivity index (χ2v) is 7.23. The molecule has 128 valence electrons. The van der Waals surface area contributed by atoms with Crippen molar-refractivity contribution >= 4 is 15.7 Å². The summed E-state index contributed by atoms with van der Waals surface area (Å²) in [5.74, 6) is 0. The van der Waals surface area contributed by atoms with Crippen LogP contribution in [0.4, 0.5) is 13.2 Å². The molecule has 9 heteroatoms. The summed E-state index contributed by atoms with van der Waals surface area (Å²) in [5, 5.41) is 3.85. The highest BCUT2D eigenvalue weighted by atomic mass is 32.2. The Morgan fingerprint density at radius 2 is 1.83 bits per heavy atom. The van der Waals surface area contributed by atoms with E-state index >= 15 is 0 Å². The predicted molar refractivity (Wildman–Crippen MR) is 79.3 cm³/mol. The lowest BCUT2D eigenvalue weighted by atomic mass is 10.1. The number of piperidine rings is 1. The molecule has 0 atom stereocenters.